The van der Waals surface area contributed by atoms with E-state index >= 15 is 0 Å². The molecule has 1 aromatic heterocycles. The molecule has 3 heteroatoms. The standard InChI is InChI=1S/C13H16N2O/c1-3-5-8-12(4-2)15-13(16)11-7-6-9-14-10-11/h4-10H,3H2,1-2H3,(H,15,16)/b8-5-,12-4+. The molecule has 0 unspecified atom stereocenters. The first-order valence-electron chi connectivity index (χ1n) is 5.32. The molecule has 0 radical (unpaired) electrons. The van der Waals surface area contributed by atoms with E-state index in [-0.39, 0.29) is 5.91 Å². The van der Waals surface area contributed by atoms with Crippen molar-refractivity contribution in [3.63, 3.8) is 0 Å². The van der Waals surface area contributed by atoms with Crippen LogP contribution in [0.4, 0.5) is 0 Å². The third-order valence-corrected chi connectivity index (χ3v) is 2.03. The summed E-state index contributed by atoms with van der Waals surface area (Å²) in [6.07, 6.45) is 9.89. The van der Waals surface area contributed by atoms with Crippen LogP contribution in [0.3, 0.4) is 0 Å². The minimum absolute atomic E-state index is 0.137. The number of amides is 1. The van der Waals surface area contributed by atoms with Crippen LogP contribution in [0.15, 0.2) is 48.5 Å². The van der Waals surface area contributed by atoms with E-state index in [9.17, 15) is 4.79 Å². The Bertz CT molecular complexity index is 394. The monoisotopic (exact) mass is 216 g/mol. The summed E-state index contributed by atoms with van der Waals surface area (Å²) in [5, 5.41) is 2.81. The van der Waals surface area contributed by atoms with E-state index in [1.54, 1.807) is 24.5 Å². The Morgan fingerprint density at radius 2 is 2.38 bits per heavy atom. The maximum atomic E-state index is 11.8. The van der Waals surface area contributed by atoms with Crippen molar-refractivity contribution in [2.45, 2.75) is 20.3 Å². The Labute approximate surface area is 95.9 Å². The van der Waals surface area contributed by atoms with Gasteiger partial charge in [-0.25, -0.2) is 0 Å². The van der Waals surface area contributed by atoms with Gasteiger partial charge in [0, 0.05) is 18.1 Å². The Hall–Kier alpha value is -1.90. The molecular formula is C13H16N2O. The van der Waals surface area contributed by atoms with Crippen molar-refractivity contribution in [2.24, 2.45) is 0 Å². The Morgan fingerprint density at radius 1 is 1.56 bits per heavy atom. The molecule has 1 amide bonds. The molecule has 0 aromatic carbocycles. The molecule has 1 N–H and O–H groups in total. The molecule has 3 nitrogen and oxygen atoms in total. The molecule has 0 saturated carbocycles. The van der Waals surface area contributed by atoms with E-state index in [0.717, 1.165) is 12.1 Å². The number of aromatic nitrogens is 1. The number of nitrogens with zero attached hydrogens (tertiary/aromatic N) is 1. The average Bonchev–Trinajstić information content (AvgIpc) is 2.35. The van der Waals surface area contributed by atoms with E-state index in [0.29, 0.717) is 5.56 Å². The zero-order valence-corrected chi connectivity index (χ0v) is 9.60. The van der Waals surface area contributed by atoms with Crippen molar-refractivity contribution in [2.75, 3.05) is 0 Å². The number of hydrogen-bond acceptors (Lipinski definition) is 2. The predicted octanol–water partition coefficient (Wildman–Crippen LogP) is 2.68. The maximum Gasteiger partial charge on any atom is 0.257 e. The highest BCUT2D eigenvalue weighted by molar-refractivity contribution is 5.95. The summed E-state index contributed by atoms with van der Waals surface area (Å²) in [7, 11) is 0. The number of pyridine rings is 1. The normalized spacial score (nSPS) is 11.8. The van der Waals surface area contributed by atoms with Crippen LogP contribution in [0.5, 0.6) is 0 Å². The van der Waals surface area contributed by atoms with Crippen LogP contribution < -0.4 is 5.32 Å². The summed E-state index contributed by atoms with van der Waals surface area (Å²) in [6.45, 7) is 3.94. The van der Waals surface area contributed by atoms with Gasteiger partial charge in [0.2, 0.25) is 0 Å². The number of allylic oxidation sites excluding steroid dienone is 3. The van der Waals surface area contributed by atoms with Crippen molar-refractivity contribution >= 4 is 5.91 Å². The van der Waals surface area contributed by atoms with Crippen molar-refractivity contribution in [1.82, 2.24) is 10.3 Å². The van der Waals surface area contributed by atoms with Crippen molar-refractivity contribution in [1.29, 1.82) is 0 Å². The highest BCUT2D eigenvalue weighted by Crippen LogP contribution is 1.99. The minimum Gasteiger partial charge on any atom is -0.322 e. The second kappa shape index (κ2) is 6.56. The number of rotatable bonds is 4. The summed E-state index contributed by atoms with van der Waals surface area (Å²) in [5.41, 5.74) is 1.36. The van der Waals surface area contributed by atoms with Gasteiger partial charge in [0.05, 0.1) is 5.56 Å². The Balaban J connectivity index is 2.67. The first-order chi connectivity index (χ1) is 7.77. The highest BCUT2D eigenvalue weighted by Gasteiger charge is 2.04. The summed E-state index contributed by atoms with van der Waals surface area (Å²) >= 11 is 0. The van der Waals surface area contributed by atoms with E-state index < -0.39 is 0 Å². The first kappa shape index (κ1) is 12.2. The van der Waals surface area contributed by atoms with Gasteiger partial charge in [0.15, 0.2) is 0 Å². The molecule has 0 aliphatic rings. The Kier molecular flexibility index (Phi) is 4.99. The zero-order valence-electron chi connectivity index (χ0n) is 9.60. The lowest BCUT2D eigenvalue weighted by Crippen LogP contribution is -2.21. The van der Waals surface area contributed by atoms with Crippen molar-refractivity contribution in [3.05, 3.63) is 54.0 Å². The van der Waals surface area contributed by atoms with Crippen molar-refractivity contribution < 1.29 is 4.79 Å². The Morgan fingerprint density at radius 3 is 2.94 bits per heavy atom. The second-order valence-electron chi connectivity index (χ2n) is 3.25. The summed E-state index contributed by atoms with van der Waals surface area (Å²) in [5.74, 6) is -0.137. The summed E-state index contributed by atoms with van der Waals surface area (Å²) < 4.78 is 0. The van der Waals surface area contributed by atoms with Crippen LogP contribution in [0.2, 0.25) is 0 Å². The largest absolute Gasteiger partial charge is 0.322 e. The van der Waals surface area contributed by atoms with Crippen molar-refractivity contribution in [3.8, 4) is 0 Å². The summed E-state index contributed by atoms with van der Waals surface area (Å²) in [4.78, 5) is 15.7. The van der Waals surface area contributed by atoms with Gasteiger partial charge in [-0.15, -0.1) is 0 Å². The molecule has 0 aliphatic carbocycles. The molecule has 0 spiro atoms. The van der Waals surface area contributed by atoms with Crippen LogP contribution in [-0.2, 0) is 0 Å². The highest BCUT2D eigenvalue weighted by atomic mass is 16.1. The van der Waals surface area contributed by atoms with Crippen LogP contribution in [0.25, 0.3) is 0 Å². The lowest BCUT2D eigenvalue weighted by Gasteiger charge is -2.04. The number of hydrogen-bond donors (Lipinski definition) is 1. The van der Waals surface area contributed by atoms with Crippen LogP contribution in [0, 0.1) is 0 Å². The molecule has 16 heavy (non-hydrogen) atoms. The molecule has 0 saturated heterocycles. The number of carbonyl (C=O) groups excluding carboxylic acids is 1. The van der Waals surface area contributed by atoms with Gasteiger partial charge in [-0.05, 0) is 31.6 Å². The molecule has 1 aromatic rings. The van der Waals surface area contributed by atoms with Gasteiger partial charge in [-0.3, -0.25) is 9.78 Å². The molecule has 0 atom stereocenters. The molecule has 1 rings (SSSR count). The molecule has 0 fully saturated rings. The fraction of sp³-hybridized carbons (Fsp3) is 0.231. The third kappa shape index (κ3) is 3.69. The quantitative estimate of drug-likeness (QED) is 0.786. The number of nitrogens with one attached hydrogen (secondary N) is 1. The van der Waals surface area contributed by atoms with E-state index in [2.05, 4.69) is 10.3 Å². The fourth-order valence-electron chi connectivity index (χ4n) is 1.16. The smallest absolute Gasteiger partial charge is 0.257 e. The van der Waals surface area contributed by atoms with Crippen LogP contribution in [0.1, 0.15) is 30.6 Å². The molecule has 1 heterocycles. The van der Waals surface area contributed by atoms with Gasteiger partial charge in [0.25, 0.3) is 5.91 Å². The van der Waals surface area contributed by atoms with Crippen LogP contribution in [-0.4, -0.2) is 10.9 Å². The average molecular weight is 216 g/mol. The minimum atomic E-state index is -0.137. The second-order valence-corrected chi connectivity index (χ2v) is 3.25. The van der Waals surface area contributed by atoms with Gasteiger partial charge in [-0.1, -0.05) is 19.1 Å². The lowest BCUT2D eigenvalue weighted by molar-refractivity contribution is 0.0966. The maximum absolute atomic E-state index is 11.8. The molecule has 0 aliphatic heterocycles. The molecular weight excluding hydrogens is 200 g/mol. The SMILES string of the molecule is C/C=C(\C=C/CC)NC(=O)c1cccnc1. The van der Waals surface area contributed by atoms with Gasteiger partial charge >= 0.3 is 0 Å². The lowest BCUT2D eigenvalue weighted by atomic mass is 10.2. The van der Waals surface area contributed by atoms with Gasteiger partial charge in [-0.2, -0.15) is 0 Å². The van der Waals surface area contributed by atoms with E-state index in [1.165, 1.54) is 0 Å². The fourth-order valence-corrected chi connectivity index (χ4v) is 1.16. The third-order valence-electron chi connectivity index (χ3n) is 2.03. The topological polar surface area (TPSA) is 42.0 Å². The van der Waals surface area contributed by atoms with E-state index in [1.807, 2.05) is 32.1 Å². The zero-order chi connectivity index (χ0) is 11.8. The van der Waals surface area contributed by atoms with E-state index in [4.69, 9.17) is 0 Å². The predicted molar refractivity (Wildman–Crippen MR) is 64.9 cm³/mol. The van der Waals surface area contributed by atoms with Gasteiger partial charge < -0.3 is 5.32 Å². The number of carbonyl (C=O) groups is 1. The first-order valence-corrected chi connectivity index (χ1v) is 5.32. The van der Waals surface area contributed by atoms with Crippen LogP contribution >= 0.6 is 0 Å². The molecule has 84 valence electrons. The molecule has 0 bridgehead atoms. The summed E-state index contributed by atoms with van der Waals surface area (Å²) in [6, 6.07) is 3.48. The van der Waals surface area contributed by atoms with Gasteiger partial charge in [0.1, 0.15) is 0 Å².